The molecule has 0 spiro atoms. The van der Waals surface area contributed by atoms with Crippen molar-refractivity contribution in [2.75, 3.05) is 0 Å². The van der Waals surface area contributed by atoms with E-state index in [4.69, 9.17) is 5.21 Å². The van der Waals surface area contributed by atoms with Crippen LogP contribution in [0.2, 0.25) is 0 Å². The minimum Gasteiger partial charge on any atom is -0.411 e. The smallest absolute Gasteiger partial charge is 0.211 e. The molecule has 0 fully saturated rings. The summed E-state index contributed by atoms with van der Waals surface area (Å²) in [6.07, 6.45) is 0.408. The van der Waals surface area contributed by atoms with Crippen LogP contribution in [0.5, 0.6) is 0 Å². The van der Waals surface area contributed by atoms with E-state index in [9.17, 15) is 4.79 Å². The fraction of sp³-hybridized carbons (Fsp3) is 0.222. The number of carbonyl (C=O) groups is 1. The Morgan fingerprint density at radius 2 is 1.77 bits per heavy atom. The van der Waals surface area contributed by atoms with Crippen LogP contribution in [0.3, 0.4) is 0 Å². The number of nitrogens with zero attached hydrogens (tertiary/aromatic N) is 1. The van der Waals surface area contributed by atoms with E-state index in [0.29, 0.717) is 17.9 Å². The van der Waals surface area contributed by atoms with Gasteiger partial charge in [-0.15, -0.1) is 0 Å². The lowest BCUT2D eigenvalue weighted by Crippen LogP contribution is -2.06. The molecule has 0 radical (unpaired) electrons. The van der Waals surface area contributed by atoms with Gasteiger partial charge in [0.05, 0.1) is 0 Å². The Hall–Kier alpha value is -2.07. The molecule has 1 aliphatic rings. The maximum atomic E-state index is 11.9. The summed E-state index contributed by atoms with van der Waals surface area (Å²) in [7, 11) is 0. The molecule has 0 atom stereocenters. The Balaban J connectivity index is 1.82. The lowest BCUT2D eigenvalue weighted by Gasteiger charge is -2.07. The molecule has 0 bridgehead atoms. The van der Waals surface area contributed by atoms with Crippen molar-refractivity contribution < 1.29 is 10.0 Å². The number of hydrogen-bond acceptors (Lipinski definition) is 4. The highest BCUT2D eigenvalue weighted by atomic mass is 32.2. The molecule has 1 N–H and O–H groups in total. The number of rotatable bonds is 3. The number of carbonyl (C=O) groups excluding carboxylic acids is 1. The van der Waals surface area contributed by atoms with E-state index < -0.39 is 0 Å². The Kier molecular flexibility index (Phi) is 4.03. The fourth-order valence-corrected chi connectivity index (χ4v) is 3.44. The zero-order valence-electron chi connectivity index (χ0n) is 12.5. The van der Waals surface area contributed by atoms with Crippen LogP contribution >= 0.6 is 11.8 Å². The number of fused-ring (bicyclic) bond motifs is 1. The van der Waals surface area contributed by atoms with Gasteiger partial charge in [-0.05, 0) is 47.4 Å². The fourth-order valence-electron chi connectivity index (χ4n) is 2.56. The van der Waals surface area contributed by atoms with Crippen molar-refractivity contribution in [3.8, 4) is 0 Å². The standard InChI is InChI=1S/C18H17NO2S/c1-11(2)12-3-5-14(6-4-12)22-15-7-8-16-13(9-15)10-17(19-21)18(16)20/h3-9,11,21H,10H2,1-2H3. The average Bonchev–Trinajstić information content (AvgIpc) is 2.83. The van der Waals surface area contributed by atoms with Gasteiger partial charge in [-0.3, -0.25) is 4.79 Å². The second-order valence-electron chi connectivity index (χ2n) is 5.70. The first-order chi connectivity index (χ1) is 10.6. The zero-order valence-corrected chi connectivity index (χ0v) is 13.4. The Bertz CT molecular complexity index is 748. The van der Waals surface area contributed by atoms with Crippen molar-refractivity contribution in [2.45, 2.75) is 36.0 Å². The number of Topliss-reactive ketones (excluding diaryl/α,β-unsaturated/α-hetero) is 1. The largest absolute Gasteiger partial charge is 0.411 e. The third-order valence-corrected chi connectivity index (χ3v) is 4.84. The molecule has 2 aromatic carbocycles. The van der Waals surface area contributed by atoms with Crippen LogP contribution in [-0.4, -0.2) is 16.7 Å². The Morgan fingerprint density at radius 3 is 2.41 bits per heavy atom. The topological polar surface area (TPSA) is 49.7 Å². The lowest BCUT2D eigenvalue weighted by atomic mass is 10.0. The third kappa shape index (κ3) is 2.79. The average molecular weight is 311 g/mol. The van der Waals surface area contributed by atoms with Crippen LogP contribution in [0.25, 0.3) is 0 Å². The van der Waals surface area contributed by atoms with Gasteiger partial charge in [-0.2, -0.15) is 0 Å². The maximum Gasteiger partial charge on any atom is 0.211 e. The summed E-state index contributed by atoms with van der Waals surface area (Å²) in [5.41, 5.74) is 3.13. The summed E-state index contributed by atoms with van der Waals surface area (Å²) in [4.78, 5) is 14.2. The van der Waals surface area contributed by atoms with Gasteiger partial charge < -0.3 is 5.21 Å². The number of hydrogen-bond donors (Lipinski definition) is 1. The molecule has 112 valence electrons. The van der Waals surface area contributed by atoms with Crippen molar-refractivity contribution in [2.24, 2.45) is 5.16 Å². The first-order valence-corrected chi connectivity index (χ1v) is 8.06. The Morgan fingerprint density at radius 1 is 1.09 bits per heavy atom. The summed E-state index contributed by atoms with van der Waals surface area (Å²) in [5, 5.41) is 11.9. The molecule has 0 aromatic heterocycles. The van der Waals surface area contributed by atoms with Gasteiger partial charge in [0.25, 0.3) is 0 Å². The quantitative estimate of drug-likeness (QED) is 0.669. The molecule has 1 aliphatic carbocycles. The van der Waals surface area contributed by atoms with E-state index >= 15 is 0 Å². The maximum absolute atomic E-state index is 11.9. The van der Waals surface area contributed by atoms with Gasteiger partial charge in [-0.25, -0.2) is 0 Å². The first-order valence-electron chi connectivity index (χ1n) is 7.25. The summed E-state index contributed by atoms with van der Waals surface area (Å²) in [6, 6.07) is 14.3. The van der Waals surface area contributed by atoms with E-state index in [0.717, 1.165) is 10.5 Å². The van der Waals surface area contributed by atoms with Crippen LogP contribution in [0.15, 0.2) is 57.4 Å². The molecule has 3 nitrogen and oxygen atoms in total. The highest BCUT2D eigenvalue weighted by Crippen LogP contribution is 2.32. The van der Waals surface area contributed by atoms with Crippen LogP contribution in [0.4, 0.5) is 0 Å². The van der Waals surface area contributed by atoms with Crippen LogP contribution in [-0.2, 0) is 6.42 Å². The van der Waals surface area contributed by atoms with E-state index in [1.165, 1.54) is 10.5 Å². The highest BCUT2D eigenvalue weighted by molar-refractivity contribution is 7.99. The molecule has 0 saturated carbocycles. The van der Waals surface area contributed by atoms with E-state index in [1.807, 2.05) is 18.2 Å². The molecular formula is C18H17NO2S. The van der Waals surface area contributed by atoms with Gasteiger partial charge in [0.1, 0.15) is 5.71 Å². The second-order valence-corrected chi connectivity index (χ2v) is 6.84. The molecule has 0 aliphatic heterocycles. The van der Waals surface area contributed by atoms with Crippen LogP contribution < -0.4 is 0 Å². The summed E-state index contributed by atoms with van der Waals surface area (Å²) < 4.78 is 0. The molecule has 0 heterocycles. The van der Waals surface area contributed by atoms with E-state index in [1.54, 1.807) is 11.8 Å². The highest BCUT2D eigenvalue weighted by Gasteiger charge is 2.27. The predicted molar refractivity (Wildman–Crippen MR) is 88.4 cm³/mol. The summed E-state index contributed by atoms with van der Waals surface area (Å²) >= 11 is 1.67. The molecule has 22 heavy (non-hydrogen) atoms. The number of ketones is 1. The van der Waals surface area contributed by atoms with Crippen molar-refractivity contribution >= 4 is 23.3 Å². The van der Waals surface area contributed by atoms with Gasteiger partial charge in [-0.1, -0.05) is 42.9 Å². The normalized spacial score (nSPS) is 15.6. The predicted octanol–water partition coefficient (Wildman–Crippen LogP) is 4.53. The SMILES string of the molecule is CC(C)c1ccc(Sc2ccc3c(c2)CC(=NO)C3=O)cc1. The monoisotopic (exact) mass is 311 g/mol. The molecule has 2 aromatic rings. The number of benzene rings is 2. The molecule has 0 saturated heterocycles. The van der Waals surface area contributed by atoms with Crippen molar-refractivity contribution in [3.05, 3.63) is 59.2 Å². The van der Waals surface area contributed by atoms with Gasteiger partial charge in [0, 0.05) is 21.8 Å². The zero-order chi connectivity index (χ0) is 15.7. The lowest BCUT2D eigenvalue weighted by molar-refractivity contribution is 0.106. The molecular weight excluding hydrogens is 294 g/mol. The van der Waals surface area contributed by atoms with Crippen LogP contribution in [0, 0.1) is 0 Å². The van der Waals surface area contributed by atoms with Crippen molar-refractivity contribution in [1.82, 2.24) is 0 Å². The summed E-state index contributed by atoms with van der Waals surface area (Å²) in [6.45, 7) is 4.36. The molecule has 3 rings (SSSR count). The number of oxime groups is 1. The van der Waals surface area contributed by atoms with Crippen LogP contribution in [0.1, 0.15) is 41.3 Å². The minimum absolute atomic E-state index is 0.171. The van der Waals surface area contributed by atoms with Gasteiger partial charge >= 0.3 is 0 Å². The Labute approximate surface area is 134 Å². The first kappa shape index (κ1) is 14.9. The minimum atomic E-state index is -0.171. The van der Waals surface area contributed by atoms with E-state index in [2.05, 4.69) is 43.3 Å². The van der Waals surface area contributed by atoms with Crippen molar-refractivity contribution in [1.29, 1.82) is 0 Å². The molecule has 0 unspecified atom stereocenters. The van der Waals surface area contributed by atoms with Gasteiger partial charge in [0.15, 0.2) is 0 Å². The van der Waals surface area contributed by atoms with Gasteiger partial charge in [0.2, 0.25) is 5.78 Å². The molecule has 4 heteroatoms. The molecule has 0 amide bonds. The third-order valence-electron chi connectivity index (χ3n) is 3.84. The van der Waals surface area contributed by atoms with Crippen molar-refractivity contribution in [3.63, 3.8) is 0 Å². The summed E-state index contributed by atoms with van der Waals surface area (Å²) in [5.74, 6) is 0.358. The second kappa shape index (κ2) is 5.97. The van der Waals surface area contributed by atoms with E-state index in [-0.39, 0.29) is 11.5 Å².